The molecule has 5 N–H and O–H groups in total. The molecule has 0 bridgehead atoms. The SMILES string of the molecule is CC[C@@H]1CCN(C(=O)Nc2ccc(C)c(-c3cc(NCCO)nc(N4CCOCC4)n3)c2)C1.Clc1cc(Cl)nc(N2CCOCC2)n1.OCCNc1cc(Cl)nc(N2CCOCC2)n1. The standard InChI is InChI=1S/C24H34N6O3.C10H15ClN4O2.C8H9Cl2N3O/c1-3-18-6-8-30(16-18)24(32)26-19-5-4-17(2)20(14-19)21-15-22(25-7-11-31)28-23(27-21)29-9-12-33-13-10-29;11-8-7-9(12-1-4-16)14-10(13-8)15-2-5-17-6-3-15;9-6-5-7(10)12-8(11-6)13-1-3-14-4-2-13/h4-5,14-15,18,31H,3,6-13,16H2,1-2H3,(H,26,32)(H,25,27,28);7,16H,1-6H2,(H,12,13,14);5H,1-4H2/t18-;;/m1../s1. The average molecular weight is 947 g/mol. The number of hydrogen-bond acceptors (Lipinski definition) is 17. The molecule has 0 saturated carbocycles. The summed E-state index contributed by atoms with van der Waals surface area (Å²) in [6.07, 6.45) is 2.17. The molecular weight excluding hydrogens is 889 g/mol. The van der Waals surface area contributed by atoms with Crippen molar-refractivity contribution in [1.29, 1.82) is 0 Å². The van der Waals surface area contributed by atoms with Gasteiger partial charge in [-0.2, -0.15) is 9.97 Å². The van der Waals surface area contributed by atoms with Gasteiger partial charge >= 0.3 is 6.03 Å². The molecule has 22 heteroatoms. The highest BCUT2D eigenvalue weighted by atomic mass is 35.5. The number of ether oxygens (including phenoxy) is 3. The highest BCUT2D eigenvalue weighted by molar-refractivity contribution is 6.33. The molecule has 4 aliphatic rings. The maximum Gasteiger partial charge on any atom is 0.321 e. The molecule has 0 radical (unpaired) electrons. The van der Waals surface area contributed by atoms with E-state index >= 15 is 0 Å². The molecule has 64 heavy (non-hydrogen) atoms. The molecule has 348 valence electrons. The number of carbonyl (C=O) groups is 1. The van der Waals surface area contributed by atoms with E-state index in [2.05, 4.69) is 52.7 Å². The van der Waals surface area contributed by atoms with E-state index < -0.39 is 0 Å². The number of morpholine rings is 3. The number of hydrogen-bond donors (Lipinski definition) is 5. The minimum Gasteiger partial charge on any atom is -0.395 e. The van der Waals surface area contributed by atoms with Gasteiger partial charge in [-0.25, -0.2) is 24.7 Å². The Morgan fingerprint density at radius 1 is 0.672 bits per heavy atom. The third-order valence-corrected chi connectivity index (χ3v) is 11.3. The number of aliphatic hydroxyl groups is 2. The Hall–Kier alpha value is -4.60. The van der Waals surface area contributed by atoms with Crippen LogP contribution in [0.25, 0.3) is 11.3 Å². The number of benzene rings is 1. The van der Waals surface area contributed by atoms with E-state index in [-0.39, 0.29) is 19.2 Å². The number of aryl methyl sites for hydroxylation is 1. The summed E-state index contributed by atoms with van der Waals surface area (Å²) in [7, 11) is 0. The lowest BCUT2D eigenvalue weighted by atomic mass is 10.0. The summed E-state index contributed by atoms with van der Waals surface area (Å²) in [5.74, 6) is 3.68. The summed E-state index contributed by atoms with van der Waals surface area (Å²) in [4.78, 5) is 47.0. The minimum absolute atomic E-state index is 0.0160. The number of aromatic nitrogens is 6. The van der Waals surface area contributed by atoms with Gasteiger partial charge in [-0.1, -0.05) is 54.2 Å². The Balaban J connectivity index is 0.000000182. The molecule has 3 aromatic heterocycles. The van der Waals surface area contributed by atoms with Gasteiger partial charge in [0.15, 0.2) is 0 Å². The summed E-state index contributed by atoms with van der Waals surface area (Å²) < 4.78 is 16.0. The van der Waals surface area contributed by atoms with Gasteiger partial charge in [0.2, 0.25) is 17.8 Å². The smallest absolute Gasteiger partial charge is 0.321 e. The van der Waals surface area contributed by atoms with Gasteiger partial charge in [0.05, 0.1) is 58.5 Å². The normalized spacial score (nSPS) is 17.5. The Kier molecular flexibility index (Phi) is 19.2. The van der Waals surface area contributed by atoms with Crippen molar-refractivity contribution in [3.63, 3.8) is 0 Å². The van der Waals surface area contributed by atoms with Crippen LogP contribution < -0.4 is 30.7 Å². The lowest BCUT2D eigenvalue weighted by Gasteiger charge is -2.27. The Bertz CT molecular complexity index is 2070. The first-order valence-corrected chi connectivity index (χ1v) is 22.7. The van der Waals surface area contributed by atoms with Crippen LogP contribution in [0.4, 0.5) is 40.0 Å². The summed E-state index contributed by atoms with van der Waals surface area (Å²) in [5.41, 5.74) is 3.51. The van der Waals surface area contributed by atoms with Crippen LogP contribution >= 0.6 is 34.8 Å². The summed E-state index contributed by atoms with van der Waals surface area (Å²) >= 11 is 17.5. The van der Waals surface area contributed by atoms with Crippen molar-refractivity contribution in [1.82, 2.24) is 34.8 Å². The second kappa shape index (κ2) is 25.2. The van der Waals surface area contributed by atoms with Crippen molar-refractivity contribution >= 4 is 76.0 Å². The first-order valence-electron chi connectivity index (χ1n) is 21.6. The number of rotatable bonds is 12. The molecule has 0 aliphatic carbocycles. The van der Waals surface area contributed by atoms with Crippen molar-refractivity contribution in [3.05, 3.63) is 57.4 Å². The van der Waals surface area contributed by atoms with E-state index in [1.165, 1.54) is 6.07 Å². The van der Waals surface area contributed by atoms with Crippen molar-refractivity contribution < 1.29 is 29.2 Å². The van der Waals surface area contributed by atoms with Crippen LogP contribution in [0.15, 0.2) is 36.4 Å². The number of halogens is 3. The van der Waals surface area contributed by atoms with E-state index in [1.54, 1.807) is 6.07 Å². The van der Waals surface area contributed by atoms with Crippen LogP contribution in [0.3, 0.4) is 0 Å². The highest BCUT2D eigenvalue weighted by Gasteiger charge is 2.25. The zero-order chi connectivity index (χ0) is 45.3. The first-order chi connectivity index (χ1) is 31.1. The monoisotopic (exact) mass is 945 g/mol. The summed E-state index contributed by atoms with van der Waals surface area (Å²) in [6.45, 7) is 15.3. The fourth-order valence-corrected chi connectivity index (χ4v) is 7.74. The summed E-state index contributed by atoms with van der Waals surface area (Å²) in [6, 6.07) is 10.9. The molecule has 2 amide bonds. The van der Waals surface area contributed by atoms with E-state index in [4.69, 9.17) is 59.1 Å². The van der Waals surface area contributed by atoms with Crippen LogP contribution in [0.5, 0.6) is 0 Å². The Morgan fingerprint density at radius 3 is 1.66 bits per heavy atom. The van der Waals surface area contributed by atoms with E-state index in [0.29, 0.717) is 104 Å². The molecule has 4 aliphatic heterocycles. The molecule has 7 heterocycles. The van der Waals surface area contributed by atoms with E-state index in [9.17, 15) is 9.90 Å². The van der Waals surface area contributed by atoms with E-state index in [1.807, 2.05) is 45.9 Å². The number of anilines is 6. The number of likely N-dealkylation sites (tertiary alicyclic amines) is 1. The molecule has 4 fully saturated rings. The predicted molar refractivity (Wildman–Crippen MR) is 251 cm³/mol. The quantitative estimate of drug-likeness (QED) is 0.119. The third kappa shape index (κ3) is 14.7. The van der Waals surface area contributed by atoms with Gasteiger partial charge in [-0.15, -0.1) is 0 Å². The van der Waals surface area contributed by atoms with Gasteiger partial charge in [0.25, 0.3) is 0 Å². The molecular formula is C42H58Cl3N13O6. The Morgan fingerprint density at radius 2 is 1.16 bits per heavy atom. The lowest BCUT2D eigenvalue weighted by Crippen LogP contribution is -2.37. The van der Waals surface area contributed by atoms with Crippen molar-refractivity contribution in [2.24, 2.45) is 5.92 Å². The second-order valence-corrected chi connectivity index (χ2v) is 16.4. The van der Waals surface area contributed by atoms with Gasteiger partial charge in [0.1, 0.15) is 27.1 Å². The maximum atomic E-state index is 12.8. The van der Waals surface area contributed by atoms with Gasteiger partial charge in [-0.05, 0) is 37.0 Å². The molecule has 1 atom stereocenters. The van der Waals surface area contributed by atoms with Gasteiger partial charge < -0.3 is 60.0 Å². The predicted octanol–water partition coefficient (Wildman–Crippen LogP) is 4.95. The molecule has 4 aromatic rings. The van der Waals surface area contributed by atoms with Crippen LogP contribution in [0, 0.1) is 12.8 Å². The molecule has 8 rings (SSSR count). The van der Waals surface area contributed by atoms with Gasteiger partial charge in [0, 0.05) is 94.9 Å². The number of nitrogens with one attached hydrogen (secondary N) is 3. The number of urea groups is 1. The number of nitrogens with zero attached hydrogens (tertiary/aromatic N) is 10. The molecule has 19 nitrogen and oxygen atoms in total. The highest BCUT2D eigenvalue weighted by Crippen LogP contribution is 2.30. The fraction of sp³-hybridized carbons (Fsp3) is 0.548. The van der Waals surface area contributed by atoms with Gasteiger partial charge in [-0.3, -0.25) is 0 Å². The minimum atomic E-state index is -0.0530. The molecule has 4 saturated heterocycles. The largest absolute Gasteiger partial charge is 0.395 e. The molecule has 1 aromatic carbocycles. The number of aliphatic hydroxyl groups excluding tert-OH is 2. The summed E-state index contributed by atoms with van der Waals surface area (Å²) in [5, 5.41) is 28.3. The number of carbonyl (C=O) groups excluding carboxylic acids is 1. The topological polar surface area (TPSA) is 212 Å². The van der Waals surface area contributed by atoms with Crippen LogP contribution in [0.2, 0.25) is 15.5 Å². The van der Waals surface area contributed by atoms with Crippen molar-refractivity contribution in [2.45, 2.75) is 26.7 Å². The second-order valence-electron chi connectivity index (χ2n) is 15.2. The van der Waals surface area contributed by atoms with Crippen LogP contribution in [0.1, 0.15) is 25.3 Å². The van der Waals surface area contributed by atoms with Crippen LogP contribution in [-0.4, -0.2) is 169 Å². The first kappa shape index (κ1) is 48.8. The molecule has 0 spiro atoms. The Labute approximate surface area is 388 Å². The van der Waals surface area contributed by atoms with E-state index in [0.717, 1.165) is 87.7 Å². The van der Waals surface area contributed by atoms with Crippen molar-refractivity contribution in [2.75, 3.05) is 149 Å². The zero-order valence-corrected chi connectivity index (χ0v) is 38.6. The van der Waals surface area contributed by atoms with Crippen LogP contribution in [-0.2, 0) is 14.2 Å². The maximum absolute atomic E-state index is 12.8. The number of amides is 2. The fourth-order valence-electron chi connectivity index (χ4n) is 7.15. The van der Waals surface area contributed by atoms with Crippen molar-refractivity contribution in [3.8, 4) is 11.3 Å². The average Bonchev–Trinajstić information content (AvgIpc) is 3.82. The molecule has 0 unspecified atom stereocenters. The zero-order valence-electron chi connectivity index (χ0n) is 36.3. The lowest BCUT2D eigenvalue weighted by molar-refractivity contribution is 0.122. The third-order valence-electron chi connectivity index (χ3n) is 10.7.